The predicted molar refractivity (Wildman–Crippen MR) is 132 cm³/mol. The molecule has 0 unspecified atom stereocenters. The summed E-state index contributed by atoms with van der Waals surface area (Å²) in [7, 11) is -3.12. The first-order valence-corrected chi connectivity index (χ1v) is 12.3. The highest BCUT2D eigenvalue weighted by molar-refractivity contribution is 7.86. The van der Waals surface area contributed by atoms with Gasteiger partial charge in [0.05, 0.1) is 12.7 Å². The molecule has 0 N–H and O–H groups in total. The maximum atomic E-state index is 13.7. The Labute approximate surface area is 211 Å². The van der Waals surface area contributed by atoms with E-state index in [0.717, 1.165) is 17.7 Å². The van der Waals surface area contributed by atoms with E-state index in [-0.39, 0.29) is 16.8 Å². The number of methoxy groups -OCH3 is 1. The molecular weight excluding hydrogens is 507 g/mol. The van der Waals surface area contributed by atoms with Gasteiger partial charge in [0, 0.05) is 16.5 Å². The van der Waals surface area contributed by atoms with E-state index in [9.17, 15) is 26.4 Å². The molecule has 37 heavy (non-hydrogen) atoms. The van der Waals surface area contributed by atoms with Crippen molar-refractivity contribution >= 4 is 32.4 Å². The number of Topliss-reactive ketones (excluding diaryl/α,β-unsaturated/α-hetero) is 1. The zero-order valence-corrected chi connectivity index (χ0v) is 20.4. The molecule has 0 heterocycles. The number of carbonyl (C=O) groups is 1. The van der Waals surface area contributed by atoms with Crippen molar-refractivity contribution in [2.45, 2.75) is 18.0 Å². The molecule has 0 aliphatic rings. The summed E-state index contributed by atoms with van der Waals surface area (Å²) >= 11 is 0. The topological polar surface area (TPSA) is 82.0 Å². The first kappa shape index (κ1) is 25.9. The van der Waals surface area contributed by atoms with Crippen LogP contribution in [0.4, 0.5) is 13.2 Å². The van der Waals surface area contributed by atoms with Gasteiger partial charge in [-0.2, -0.15) is 21.6 Å². The quantitative estimate of drug-likeness (QED) is 0.163. The third-order valence-electron chi connectivity index (χ3n) is 5.56. The summed E-state index contributed by atoms with van der Waals surface area (Å²) < 4.78 is 74.1. The lowest BCUT2D eigenvalue weighted by Gasteiger charge is -2.12. The van der Waals surface area contributed by atoms with Crippen molar-refractivity contribution < 1.29 is 35.4 Å². The van der Waals surface area contributed by atoms with E-state index in [0.29, 0.717) is 28.7 Å². The molecule has 10 heteroatoms. The standard InChI is InChI=1S/C27H20F3NO5S/c1-17-8-13-21-22(14-15-24(35-2)23(21)16-17)26(32)25(18-6-4-3-5-7-18)31-36-37(33,34)20-11-9-19(10-12-20)27(28,29)30/h3-16H,1-2H3/b31-25+. The molecule has 0 saturated heterocycles. The van der Waals surface area contributed by atoms with Gasteiger partial charge in [0.2, 0.25) is 5.78 Å². The Morgan fingerprint density at radius 1 is 0.865 bits per heavy atom. The molecule has 0 bridgehead atoms. The van der Waals surface area contributed by atoms with E-state index in [4.69, 9.17) is 9.02 Å². The molecule has 6 nitrogen and oxygen atoms in total. The average Bonchev–Trinajstić information content (AvgIpc) is 2.88. The second kappa shape index (κ2) is 10.1. The van der Waals surface area contributed by atoms with Crippen LogP contribution in [-0.4, -0.2) is 27.0 Å². The Balaban J connectivity index is 1.77. The van der Waals surface area contributed by atoms with Crippen LogP contribution in [0, 0.1) is 6.92 Å². The summed E-state index contributed by atoms with van der Waals surface area (Å²) in [5, 5.41) is 4.92. The molecule has 4 aromatic rings. The number of rotatable bonds is 7. The van der Waals surface area contributed by atoms with E-state index < -0.39 is 32.5 Å². The van der Waals surface area contributed by atoms with Crippen LogP contribution < -0.4 is 4.74 Å². The minimum absolute atomic E-state index is 0.230. The molecule has 0 aliphatic heterocycles. The van der Waals surface area contributed by atoms with Gasteiger partial charge in [-0.25, -0.2) is 0 Å². The van der Waals surface area contributed by atoms with Gasteiger partial charge >= 0.3 is 16.3 Å². The monoisotopic (exact) mass is 527 g/mol. The predicted octanol–water partition coefficient (Wildman–Crippen LogP) is 6.17. The van der Waals surface area contributed by atoms with Crippen LogP contribution >= 0.6 is 0 Å². The summed E-state index contributed by atoms with van der Waals surface area (Å²) in [4.78, 5) is 13.1. The Morgan fingerprint density at radius 2 is 1.54 bits per heavy atom. The molecule has 190 valence electrons. The number of ketones is 1. The van der Waals surface area contributed by atoms with Crippen molar-refractivity contribution in [2.75, 3.05) is 7.11 Å². The fraction of sp³-hybridized carbons (Fsp3) is 0.111. The van der Waals surface area contributed by atoms with Gasteiger partial charge in [0.1, 0.15) is 10.6 Å². The highest BCUT2D eigenvalue weighted by Gasteiger charge is 2.31. The average molecular weight is 528 g/mol. The van der Waals surface area contributed by atoms with E-state index >= 15 is 0 Å². The van der Waals surface area contributed by atoms with Crippen LogP contribution in [0.5, 0.6) is 5.75 Å². The molecule has 0 radical (unpaired) electrons. The lowest BCUT2D eigenvalue weighted by Crippen LogP contribution is -2.18. The number of hydrogen-bond acceptors (Lipinski definition) is 6. The van der Waals surface area contributed by atoms with Crippen molar-refractivity contribution in [3.63, 3.8) is 0 Å². The van der Waals surface area contributed by atoms with Crippen LogP contribution in [0.3, 0.4) is 0 Å². The second-order valence-electron chi connectivity index (χ2n) is 8.05. The van der Waals surface area contributed by atoms with Crippen LogP contribution in [0.25, 0.3) is 10.8 Å². The van der Waals surface area contributed by atoms with Crippen molar-refractivity contribution in [3.05, 3.63) is 107 Å². The largest absolute Gasteiger partial charge is 0.496 e. The number of carbonyl (C=O) groups excluding carboxylic acids is 1. The number of alkyl halides is 3. The minimum atomic E-state index is -4.63. The third kappa shape index (κ3) is 5.49. The Kier molecular flexibility index (Phi) is 7.04. The second-order valence-corrected chi connectivity index (χ2v) is 9.58. The number of fused-ring (bicyclic) bond motifs is 1. The van der Waals surface area contributed by atoms with Crippen LogP contribution in [0.15, 0.2) is 95.0 Å². The molecule has 0 fully saturated rings. The van der Waals surface area contributed by atoms with Gasteiger partial charge in [-0.05, 0) is 54.8 Å². The number of hydrogen-bond donors (Lipinski definition) is 0. The summed E-state index contributed by atoms with van der Waals surface area (Å²) in [5.74, 6) is -0.0695. The van der Waals surface area contributed by atoms with Crippen LogP contribution in [0.1, 0.15) is 27.0 Å². The summed E-state index contributed by atoms with van der Waals surface area (Å²) in [5.41, 5.74) is 0.137. The molecule has 0 saturated carbocycles. The molecule has 4 aromatic carbocycles. The SMILES string of the molecule is COc1ccc(C(=O)/C(=N/OS(=O)(=O)c2ccc(C(F)(F)F)cc2)c2ccccc2)c2ccc(C)cc12. The van der Waals surface area contributed by atoms with Gasteiger partial charge in [-0.15, -0.1) is 0 Å². The fourth-order valence-corrected chi connectivity index (χ4v) is 4.43. The van der Waals surface area contributed by atoms with E-state index in [1.54, 1.807) is 48.5 Å². The zero-order chi connectivity index (χ0) is 26.8. The number of halogens is 3. The Bertz CT molecular complexity index is 1600. The maximum Gasteiger partial charge on any atom is 0.416 e. The highest BCUT2D eigenvalue weighted by Crippen LogP contribution is 2.31. The number of benzene rings is 4. The van der Waals surface area contributed by atoms with Crippen molar-refractivity contribution in [3.8, 4) is 5.75 Å². The minimum Gasteiger partial charge on any atom is -0.496 e. The first-order chi connectivity index (χ1) is 17.5. The highest BCUT2D eigenvalue weighted by atomic mass is 32.2. The van der Waals surface area contributed by atoms with Crippen LogP contribution in [-0.2, 0) is 20.6 Å². The van der Waals surface area contributed by atoms with Gasteiger partial charge in [0.25, 0.3) is 0 Å². The van der Waals surface area contributed by atoms with Gasteiger partial charge in [-0.1, -0.05) is 53.2 Å². The third-order valence-corrected chi connectivity index (χ3v) is 6.68. The number of aryl methyl sites for hydroxylation is 1. The van der Waals surface area contributed by atoms with Crippen molar-refractivity contribution in [1.29, 1.82) is 0 Å². The smallest absolute Gasteiger partial charge is 0.416 e. The molecule has 0 aliphatic carbocycles. The van der Waals surface area contributed by atoms with E-state index in [2.05, 4.69) is 5.16 Å². The fourth-order valence-electron chi connectivity index (χ4n) is 3.70. The van der Waals surface area contributed by atoms with Gasteiger partial charge in [0.15, 0.2) is 5.71 Å². The summed E-state index contributed by atoms with van der Waals surface area (Å²) in [6.45, 7) is 1.89. The Hall–Kier alpha value is -4.18. The summed E-state index contributed by atoms with van der Waals surface area (Å²) in [6, 6.07) is 19.5. The number of oxime groups is 1. The van der Waals surface area contributed by atoms with Crippen LogP contribution in [0.2, 0.25) is 0 Å². The van der Waals surface area contributed by atoms with Crippen molar-refractivity contribution in [2.24, 2.45) is 5.16 Å². The number of nitrogens with zero attached hydrogens (tertiary/aromatic N) is 1. The van der Waals surface area contributed by atoms with Crippen molar-refractivity contribution in [1.82, 2.24) is 0 Å². The molecule has 4 rings (SSSR count). The maximum absolute atomic E-state index is 13.7. The number of ether oxygens (including phenoxy) is 1. The lowest BCUT2D eigenvalue weighted by molar-refractivity contribution is -0.137. The first-order valence-electron chi connectivity index (χ1n) is 10.9. The van der Waals surface area contributed by atoms with E-state index in [1.165, 1.54) is 7.11 Å². The van der Waals surface area contributed by atoms with Gasteiger partial charge < -0.3 is 4.74 Å². The molecule has 0 aromatic heterocycles. The molecular formula is C27H20F3NO5S. The lowest BCUT2D eigenvalue weighted by atomic mass is 9.94. The zero-order valence-electron chi connectivity index (χ0n) is 19.6. The molecule has 0 atom stereocenters. The Morgan fingerprint density at radius 3 is 2.16 bits per heavy atom. The summed E-state index contributed by atoms with van der Waals surface area (Å²) in [6.07, 6.45) is -4.63. The molecule has 0 amide bonds. The van der Waals surface area contributed by atoms with E-state index in [1.807, 2.05) is 19.1 Å². The normalized spacial score (nSPS) is 12.4. The van der Waals surface area contributed by atoms with Gasteiger partial charge in [-0.3, -0.25) is 9.08 Å². The molecule has 0 spiro atoms.